The summed E-state index contributed by atoms with van der Waals surface area (Å²) in [6, 6.07) is 9.75. The van der Waals surface area contributed by atoms with E-state index in [0.717, 1.165) is 31.3 Å². The Morgan fingerprint density at radius 3 is 1.96 bits per heavy atom. The summed E-state index contributed by atoms with van der Waals surface area (Å²) in [6.45, 7) is 0. The van der Waals surface area contributed by atoms with Gasteiger partial charge in [-0.1, -0.05) is 52.3 Å². The van der Waals surface area contributed by atoms with Crippen molar-refractivity contribution in [2.45, 2.75) is 12.5 Å². The first kappa shape index (κ1) is 30.7. The maximum Gasteiger partial charge on any atom is 1.00 e. The van der Waals surface area contributed by atoms with Crippen LogP contribution in [-0.4, -0.2) is 12.0 Å². The third kappa shape index (κ3) is 9.57. The van der Waals surface area contributed by atoms with Crippen LogP contribution in [0.4, 0.5) is 0 Å². The average Bonchev–Trinajstić information content (AvgIpc) is 2.41. The molecule has 2 aromatic carbocycles. The van der Waals surface area contributed by atoms with Gasteiger partial charge >= 0.3 is 59.1 Å². The Morgan fingerprint density at radius 1 is 1.08 bits per heavy atom. The van der Waals surface area contributed by atoms with Crippen molar-refractivity contribution < 1.29 is 79.2 Å². The number of carboxylic acid groups (broad SMARTS) is 1. The Bertz CT molecular complexity index is 721. The Morgan fingerprint density at radius 2 is 1.54 bits per heavy atom. The van der Waals surface area contributed by atoms with Gasteiger partial charge < -0.3 is 25.8 Å². The minimum Gasteiger partial charge on any atom is -0.548 e. The Kier molecular flexibility index (Phi) is 17.2. The second kappa shape index (κ2) is 14.5. The molecule has 0 aliphatic heterocycles. The van der Waals surface area contributed by atoms with E-state index < -0.39 is 12.0 Å². The van der Waals surface area contributed by atoms with Crippen LogP contribution in [-0.2, 0) is 16.7 Å². The molecule has 5 N–H and O–H groups in total. The Labute approximate surface area is 250 Å². The van der Waals surface area contributed by atoms with E-state index in [-0.39, 0.29) is 71.0 Å². The number of carboxylic acids is 1. The number of rotatable bonds is 5. The van der Waals surface area contributed by atoms with Gasteiger partial charge in [0.05, 0.1) is 13.1 Å². The van der Waals surface area contributed by atoms with Crippen LogP contribution in [0.3, 0.4) is 0 Å². The Hall–Kier alpha value is 2.55. The van der Waals surface area contributed by atoms with E-state index in [1.165, 1.54) is 0 Å². The first-order valence-electron chi connectivity index (χ1n) is 6.27. The normalized spacial score (nSPS) is 10.7. The van der Waals surface area contributed by atoms with Crippen LogP contribution in [0.5, 0.6) is 11.5 Å². The summed E-state index contributed by atoms with van der Waals surface area (Å²) in [5.41, 5.74) is 6.38. The molecule has 0 heterocycles. The van der Waals surface area contributed by atoms with E-state index in [0.29, 0.717) is 0 Å². The summed E-state index contributed by atoms with van der Waals surface area (Å²) in [7, 11) is 0. The summed E-state index contributed by atoms with van der Waals surface area (Å²) in [4.78, 5) is 10.8. The van der Waals surface area contributed by atoms with Crippen molar-refractivity contribution in [3.63, 3.8) is 0 Å². The van der Waals surface area contributed by atoms with Crippen molar-refractivity contribution in [1.82, 2.24) is 0 Å². The summed E-state index contributed by atoms with van der Waals surface area (Å²) in [5, 5.41) is 10.8. The SMILES string of the molecule is NC(Cc1cc(I)c(Oc2cc(I)[c-]c(I)c2)c(I)c1)C(=O)[O-].[Na+].[Na+].[OH3+]. The molecule has 0 fully saturated rings. The second-order valence-corrected chi connectivity index (χ2v) is 9.28. The zero-order valence-corrected chi connectivity index (χ0v) is 26.6. The molecule has 5 nitrogen and oxygen atoms in total. The zero-order chi connectivity index (χ0) is 17.1. The van der Waals surface area contributed by atoms with E-state index in [4.69, 9.17) is 10.5 Å². The molecule has 130 valence electrons. The van der Waals surface area contributed by atoms with Crippen LogP contribution in [0.15, 0.2) is 24.3 Å². The summed E-state index contributed by atoms with van der Waals surface area (Å²) in [6.07, 6.45) is 0.227. The van der Waals surface area contributed by atoms with Gasteiger partial charge in [-0.25, -0.2) is 0 Å². The number of ether oxygens (including phenoxy) is 1. The molecule has 0 spiro atoms. The molecular weight excluding hydrogens is 812 g/mol. The van der Waals surface area contributed by atoms with Crippen LogP contribution < -0.4 is 74.7 Å². The average molecular weight is 824 g/mol. The van der Waals surface area contributed by atoms with Gasteiger partial charge in [-0.2, -0.15) is 6.07 Å². The van der Waals surface area contributed by atoms with Crippen molar-refractivity contribution in [2.24, 2.45) is 5.73 Å². The Balaban J connectivity index is 0. The van der Waals surface area contributed by atoms with E-state index in [1.54, 1.807) is 0 Å². The second-order valence-electron chi connectivity index (χ2n) is 4.63. The van der Waals surface area contributed by atoms with E-state index in [2.05, 4.69) is 96.4 Å². The summed E-state index contributed by atoms with van der Waals surface area (Å²) in [5.74, 6) is 0.238. The molecule has 2 aromatic rings. The fourth-order valence-electron chi connectivity index (χ4n) is 1.82. The molecule has 2 rings (SSSR count). The predicted octanol–water partition coefficient (Wildman–Crippen LogP) is -3.60. The zero-order valence-electron chi connectivity index (χ0n) is 14.0. The fourth-order valence-corrected chi connectivity index (χ4v) is 5.65. The van der Waals surface area contributed by atoms with Crippen molar-refractivity contribution in [3.05, 3.63) is 50.2 Å². The molecular formula is C15H12I4NNa2O4+. The van der Waals surface area contributed by atoms with E-state index >= 15 is 0 Å². The number of nitrogens with two attached hydrogens (primary N) is 1. The molecule has 1 unspecified atom stereocenters. The fraction of sp³-hybridized carbons (Fsp3) is 0.133. The van der Waals surface area contributed by atoms with E-state index in [9.17, 15) is 9.90 Å². The minimum atomic E-state index is -1.25. The van der Waals surface area contributed by atoms with Gasteiger partial charge in [0.1, 0.15) is 0 Å². The first-order chi connectivity index (χ1) is 10.8. The molecule has 0 saturated carbocycles. The molecule has 0 saturated heterocycles. The smallest absolute Gasteiger partial charge is 0.548 e. The van der Waals surface area contributed by atoms with Crippen LogP contribution in [0.2, 0.25) is 0 Å². The summed E-state index contributed by atoms with van der Waals surface area (Å²) >= 11 is 8.74. The van der Waals surface area contributed by atoms with Gasteiger partial charge in [-0.15, -0.1) is 12.1 Å². The minimum absolute atomic E-state index is 0. The van der Waals surface area contributed by atoms with Crippen LogP contribution >= 0.6 is 90.4 Å². The molecule has 0 amide bonds. The number of carbonyl (C=O) groups excluding carboxylic acids is 1. The topological polar surface area (TPSA) is 108 Å². The van der Waals surface area contributed by atoms with Gasteiger partial charge in [-0.3, -0.25) is 0 Å². The largest absolute Gasteiger partial charge is 1.00 e. The molecule has 0 aromatic heterocycles. The number of hydrogen-bond acceptors (Lipinski definition) is 4. The van der Waals surface area contributed by atoms with Crippen LogP contribution in [0, 0.1) is 20.3 Å². The number of hydrogen-bond donors (Lipinski definition) is 1. The van der Waals surface area contributed by atoms with E-state index in [1.807, 2.05) is 24.3 Å². The number of benzene rings is 2. The molecule has 1 atom stereocenters. The van der Waals surface area contributed by atoms with Crippen molar-refractivity contribution >= 4 is 96.3 Å². The van der Waals surface area contributed by atoms with Crippen molar-refractivity contribution in [3.8, 4) is 11.5 Å². The third-order valence-electron chi connectivity index (χ3n) is 2.81. The number of halogens is 4. The maximum absolute atomic E-state index is 10.8. The molecule has 0 radical (unpaired) electrons. The quantitative estimate of drug-likeness (QED) is 0.146. The molecule has 0 aliphatic rings. The standard InChI is InChI=1S/C15H10I4NO3.2Na.H2O/c16-8-4-9(17)6-10(5-8)23-14-11(18)1-7(2-12(14)19)3-13(20)15(21)22;;;/h1-2,5-6,13H,3,20H2,(H,21,22);;;1H2/q-1;2*+1;. The molecule has 11 heteroatoms. The monoisotopic (exact) mass is 824 g/mol. The van der Waals surface area contributed by atoms with Crippen molar-refractivity contribution in [2.75, 3.05) is 0 Å². The van der Waals surface area contributed by atoms with Gasteiger partial charge in [0.2, 0.25) is 0 Å². The van der Waals surface area contributed by atoms with Gasteiger partial charge in [0, 0.05) is 11.8 Å². The van der Waals surface area contributed by atoms with Gasteiger partial charge in [0.25, 0.3) is 0 Å². The molecule has 0 bridgehead atoms. The maximum atomic E-state index is 10.8. The first-order valence-corrected chi connectivity index (χ1v) is 10.6. The van der Waals surface area contributed by atoms with Gasteiger partial charge in [0.15, 0.2) is 5.75 Å². The van der Waals surface area contributed by atoms with Gasteiger partial charge in [-0.05, 0) is 69.3 Å². The third-order valence-corrected chi connectivity index (χ3v) is 5.58. The predicted molar refractivity (Wildman–Crippen MR) is 124 cm³/mol. The van der Waals surface area contributed by atoms with Crippen LogP contribution in [0.25, 0.3) is 0 Å². The number of aliphatic carboxylic acids is 1. The molecule has 26 heavy (non-hydrogen) atoms. The molecule has 0 aliphatic carbocycles. The van der Waals surface area contributed by atoms with Crippen molar-refractivity contribution in [1.29, 1.82) is 0 Å². The van der Waals surface area contributed by atoms with Crippen LogP contribution in [0.1, 0.15) is 5.56 Å². The number of carbonyl (C=O) groups is 1. The summed E-state index contributed by atoms with van der Waals surface area (Å²) < 4.78 is 9.75.